The van der Waals surface area contributed by atoms with Gasteiger partial charge in [0.15, 0.2) is 0 Å². The summed E-state index contributed by atoms with van der Waals surface area (Å²) in [4.78, 5) is 0. The highest BCUT2D eigenvalue weighted by molar-refractivity contribution is 9.10. The fourth-order valence-electron chi connectivity index (χ4n) is 1.49. The van der Waals surface area contributed by atoms with Gasteiger partial charge in [0.1, 0.15) is 5.75 Å². The Balaban J connectivity index is 2.85. The molecule has 0 saturated heterocycles. The summed E-state index contributed by atoms with van der Waals surface area (Å²) in [5, 5.41) is 0. The average molecular weight is 273 g/mol. The molecular formula is C11H17BrN2O. The van der Waals surface area contributed by atoms with E-state index < -0.39 is 0 Å². The molecule has 0 bridgehead atoms. The van der Waals surface area contributed by atoms with Gasteiger partial charge in [-0.15, -0.1) is 0 Å². The van der Waals surface area contributed by atoms with Crippen molar-refractivity contribution < 1.29 is 4.74 Å². The van der Waals surface area contributed by atoms with E-state index in [0.717, 1.165) is 28.6 Å². The minimum atomic E-state index is -0.0130. The maximum absolute atomic E-state index is 6.07. The molecule has 0 heterocycles. The molecule has 84 valence electrons. The SMILES string of the molecule is COc1ccc(Br)cc1[C@@H](N)CCCN. The van der Waals surface area contributed by atoms with Gasteiger partial charge in [-0.25, -0.2) is 0 Å². The second-order valence-corrected chi connectivity index (χ2v) is 4.34. The molecule has 1 aromatic carbocycles. The molecule has 3 nitrogen and oxygen atoms in total. The van der Waals surface area contributed by atoms with E-state index in [4.69, 9.17) is 16.2 Å². The van der Waals surface area contributed by atoms with E-state index >= 15 is 0 Å². The number of ether oxygens (including phenoxy) is 1. The number of nitrogens with two attached hydrogens (primary N) is 2. The summed E-state index contributed by atoms with van der Waals surface area (Å²) < 4.78 is 6.28. The third-order valence-electron chi connectivity index (χ3n) is 2.31. The van der Waals surface area contributed by atoms with E-state index in [9.17, 15) is 0 Å². The quantitative estimate of drug-likeness (QED) is 0.864. The van der Waals surface area contributed by atoms with E-state index in [0.29, 0.717) is 6.54 Å². The van der Waals surface area contributed by atoms with Gasteiger partial charge in [0.05, 0.1) is 7.11 Å². The van der Waals surface area contributed by atoms with Crippen molar-refractivity contribution in [2.24, 2.45) is 11.5 Å². The van der Waals surface area contributed by atoms with Crippen molar-refractivity contribution in [3.63, 3.8) is 0 Å². The maximum Gasteiger partial charge on any atom is 0.123 e. The molecule has 0 aromatic heterocycles. The minimum Gasteiger partial charge on any atom is -0.496 e. The van der Waals surface area contributed by atoms with E-state index in [1.54, 1.807) is 7.11 Å². The minimum absolute atomic E-state index is 0.0130. The third-order valence-corrected chi connectivity index (χ3v) is 2.80. The zero-order chi connectivity index (χ0) is 11.3. The second kappa shape index (κ2) is 6.10. The van der Waals surface area contributed by atoms with Crippen molar-refractivity contribution in [2.75, 3.05) is 13.7 Å². The van der Waals surface area contributed by atoms with Crippen LogP contribution in [0.1, 0.15) is 24.4 Å². The fraction of sp³-hybridized carbons (Fsp3) is 0.455. The van der Waals surface area contributed by atoms with Crippen LogP contribution in [0, 0.1) is 0 Å². The first kappa shape index (κ1) is 12.5. The molecule has 0 fully saturated rings. The number of rotatable bonds is 5. The van der Waals surface area contributed by atoms with Gasteiger partial charge in [-0.05, 0) is 37.6 Å². The van der Waals surface area contributed by atoms with E-state index in [1.807, 2.05) is 18.2 Å². The summed E-state index contributed by atoms with van der Waals surface area (Å²) in [6.45, 7) is 0.671. The topological polar surface area (TPSA) is 61.3 Å². The predicted molar refractivity (Wildman–Crippen MR) is 65.9 cm³/mol. The van der Waals surface area contributed by atoms with Crippen molar-refractivity contribution in [3.8, 4) is 5.75 Å². The molecule has 4 heteroatoms. The largest absolute Gasteiger partial charge is 0.496 e. The van der Waals surface area contributed by atoms with Crippen molar-refractivity contribution in [1.29, 1.82) is 0 Å². The Hall–Kier alpha value is -0.580. The van der Waals surface area contributed by atoms with Gasteiger partial charge in [-0.2, -0.15) is 0 Å². The van der Waals surface area contributed by atoms with Gasteiger partial charge in [0, 0.05) is 16.1 Å². The number of benzene rings is 1. The Kier molecular flexibility index (Phi) is 5.08. The lowest BCUT2D eigenvalue weighted by Gasteiger charge is -2.15. The predicted octanol–water partition coefficient (Wildman–Crippen LogP) is 2.20. The second-order valence-electron chi connectivity index (χ2n) is 3.42. The Morgan fingerprint density at radius 1 is 1.47 bits per heavy atom. The first-order valence-electron chi connectivity index (χ1n) is 4.98. The smallest absolute Gasteiger partial charge is 0.123 e. The van der Waals surface area contributed by atoms with Gasteiger partial charge in [0.2, 0.25) is 0 Å². The van der Waals surface area contributed by atoms with Crippen LogP contribution in [0.4, 0.5) is 0 Å². The molecule has 0 saturated carbocycles. The van der Waals surface area contributed by atoms with Crippen LogP contribution >= 0.6 is 15.9 Å². The van der Waals surface area contributed by atoms with Crippen LogP contribution in [0.25, 0.3) is 0 Å². The molecule has 4 N–H and O–H groups in total. The van der Waals surface area contributed by atoms with Crippen LogP contribution in [0.5, 0.6) is 5.75 Å². The van der Waals surface area contributed by atoms with Gasteiger partial charge >= 0.3 is 0 Å². The summed E-state index contributed by atoms with van der Waals surface area (Å²) in [6.07, 6.45) is 1.81. The first-order valence-corrected chi connectivity index (χ1v) is 5.77. The zero-order valence-corrected chi connectivity index (χ0v) is 10.5. The zero-order valence-electron chi connectivity index (χ0n) is 8.87. The lowest BCUT2D eigenvalue weighted by Crippen LogP contribution is -2.13. The summed E-state index contributed by atoms with van der Waals surface area (Å²) in [7, 11) is 1.66. The van der Waals surface area contributed by atoms with Crippen molar-refractivity contribution >= 4 is 15.9 Å². The molecule has 1 rings (SSSR count). The van der Waals surface area contributed by atoms with Gasteiger partial charge in [0.25, 0.3) is 0 Å². The summed E-state index contributed by atoms with van der Waals surface area (Å²) in [5.74, 6) is 0.836. The highest BCUT2D eigenvalue weighted by atomic mass is 79.9. The number of methoxy groups -OCH3 is 1. The Morgan fingerprint density at radius 2 is 2.20 bits per heavy atom. The Labute approximate surface area is 98.9 Å². The molecule has 0 radical (unpaired) electrons. The van der Waals surface area contributed by atoms with Crippen molar-refractivity contribution in [3.05, 3.63) is 28.2 Å². The monoisotopic (exact) mass is 272 g/mol. The van der Waals surface area contributed by atoms with E-state index in [1.165, 1.54) is 0 Å². The molecule has 0 amide bonds. The third kappa shape index (κ3) is 3.48. The molecule has 1 aromatic rings. The van der Waals surface area contributed by atoms with Crippen LogP contribution < -0.4 is 16.2 Å². The normalized spacial score (nSPS) is 12.5. The van der Waals surface area contributed by atoms with Gasteiger partial charge in [-0.3, -0.25) is 0 Å². The van der Waals surface area contributed by atoms with Crippen LogP contribution in [-0.2, 0) is 0 Å². The van der Waals surface area contributed by atoms with Crippen LogP contribution in [-0.4, -0.2) is 13.7 Å². The standard InChI is InChI=1S/C11H17BrN2O/c1-15-11-5-4-8(12)7-9(11)10(14)3-2-6-13/h4-5,7,10H,2-3,6,13-14H2,1H3/t10-/m0/s1. The summed E-state index contributed by atoms with van der Waals surface area (Å²) in [5.41, 5.74) is 12.6. The van der Waals surface area contributed by atoms with E-state index in [-0.39, 0.29) is 6.04 Å². The summed E-state index contributed by atoms with van der Waals surface area (Å²) >= 11 is 3.43. The maximum atomic E-state index is 6.07. The lowest BCUT2D eigenvalue weighted by atomic mass is 10.0. The van der Waals surface area contributed by atoms with Gasteiger partial charge in [-0.1, -0.05) is 15.9 Å². The highest BCUT2D eigenvalue weighted by Crippen LogP contribution is 2.29. The molecule has 0 aliphatic rings. The molecule has 0 aliphatic heterocycles. The molecule has 0 spiro atoms. The first-order chi connectivity index (χ1) is 7.19. The Morgan fingerprint density at radius 3 is 2.80 bits per heavy atom. The molecule has 0 unspecified atom stereocenters. The molecule has 15 heavy (non-hydrogen) atoms. The van der Waals surface area contributed by atoms with E-state index in [2.05, 4.69) is 15.9 Å². The van der Waals surface area contributed by atoms with Crippen LogP contribution in [0.2, 0.25) is 0 Å². The highest BCUT2D eigenvalue weighted by Gasteiger charge is 2.11. The number of hydrogen-bond donors (Lipinski definition) is 2. The molecule has 1 atom stereocenters. The lowest BCUT2D eigenvalue weighted by molar-refractivity contribution is 0.403. The van der Waals surface area contributed by atoms with Crippen molar-refractivity contribution in [1.82, 2.24) is 0 Å². The fourth-order valence-corrected chi connectivity index (χ4v) is 1.87. The van der Waals surface area contributed by atoms with Crippen molar-refractivity contribution in [2.45, 2.75) is 18.9 Å². The number of hydrogen-bond acceptors (Lipinski definition) is 3. The van der Waals surface area contributed by atoms with Crippen LogP contribution in [0.3, 0.4) is 0 Å². The molecular weight excluding hydrogens is 256 g/mol. The van der Waals surface area contributed by atoms with Gasteiger partial charge < -0.3 is 16.2 Å². The van der Waals surface area contributed by atoms with Crippen LogP contribution in [0.15, 0.2) is 22.7 Å². The summed E-state index contributed by atoms with van der Waals surface area (Å²) in [6, 6.07) is 5.85. The Bertz CT molecular complexity index is 317. The molecule has 0 aliphatic carbocycles. The average Bonchev–Trinajstić information content (AvgIpc) is 2.25. The number of halogens is 1.